The highest BCUT2D eigenvalue weighted by Gasteiger charge is 2.13. The summed E-state index contributed by atoms with van der Waals surface area (Å²) in [6.45, 7) is 1.44. The number of nitrogens with zero attached hydrogens (tertiary/aromatic N) is 3. The average Bonchev–Trinajstić information content (AvgIpc) is 3.04. The van der Waals surface area contributed by atoms with E-state index in [1.54, 1.807) is 23.5 Å². The van der Waals surface area contributed by atoms with Crippen LogP contribution in [0.25, 0.3) is 0 Å². The Morgan fingerprint density at radius 1 is 1.04 bits per heavy atom. The van der Waals surface area contributed by atoms with Crippen molar-refractivity contribution < 1.29 is 44.0 Å². The maximum atomic E-state index is 11.1. The lowest BCUT2D eigenvalue weighted by atomic mass is 10.2. The molecule has 0 saturated carbocycles. The van der Waals surface area contributed by atoms with Gasteiger partial charge in [0.2, 0.25) is 11.6 Å². The van der Waals surface area contributed by atoms with E-state index in [4.69, 9.17) is 10.9 Å². The number of carbonyl (C=O) groups is 1. The van der Waals surface area contributed by atoms with Crippen LogP contribution in [0.15, 0.2) is 66.2 Å². The molecule has 142 valence electrons. The van der Waals surface area contributed by atoms with Gasteiger partial charge in [0.1, 0.15) is 6.21 Å². The highest BCUT2D eigenvalue weighted by Crippen LogP contribution is 2.16. The second-order valence-electron chi connectivity index (χ2n) is 5.49. The Labute approximate surface area is 173 Å². The third kappa shape index (κ3) is 6.02. The van der Waals surface area contributed by atoms with Crippen LogP contribution in [0.5, 0.6) is 0 Å². The van der Waals surface area contributed by atoms with E-state index < -0.39 is 5.91 Å². The van der Waals surface area contributed by atoms with E-state index in [1.165, 1.54) is 16.0 Å². The highest BCUT2D eigenvalue weighted by atomic mass is 35.5. The van der Waals surface area contributed by atoms with Crippen molar-refractivity contribution in [1.29, 1.82) is 0 Å². The van der Waals surface area contributed by atoms with E-state index in [0.29, 0.717) is 12.1 Å². The van der Waals surface area contributed by atoms with Gasteiger partial charge in [-0.15, -0.1) is 11.3 Å². The van der Waals surface area contributed by atoms with Gasteiger partial charge in [0.25, 0.3) is 0 Å². The summed E-state index contributed by atoms with van der Waals surface area (Å²) in [7, 11) is 0. The number of carbonyl (C=O) groups excluding carboxylic acids is 1. The number of aromatic nitrogens is 2. The molecule has 0 aliphatic heterocycles. The molecule has 0 aliphatic rings. The third-order valence-corrected chi connectivity index (χ3v) is 4.78. The molecule has 0 unspecified atom stereocenters. The SMILES string of the molecule is NC(=O)c1cc[n+](Cc2ccc(C[n+]3ccccc3/C=N\O)s2)cc1.[Cl-].[Cl-]. The van der Waals surface area contributed by atoms with Crippen molar-refractivity contribution in [3.8, 4) is 0 Å². The molecule has 0 aromatic carbocycles. The predicted octanol–water partition coefficient (Wildman–Crippen LogP) is -4.67. The van der Waals surface area contributed by atoms with Crippen LogP contribution in [-0.4, -0.2) is 17.3 Å². The van der Waals surface area contributed by atoms with Crippen LogP contribution in [0.4, 0.5) is 0 Å². The molecule has 0 radical (unpaired) electrons. The molecule has 0 aliphatic carbocycles. The Morgan fingerprint density at radius 3 is 2.33 bits per heavy atom. The molecule has 0 spiro atoms. The van der Waals surface area contributed by atoms with Crippen molar-refractivity contribution in [2.45, 2.75) is 13.1 Å². The second-order valence-corrected chi connectivity index (χ2v) is 6.74. The maximum absolute atomic E-state index is 11.1. The Bertz CT molecular complexity index is 914. The van der Waals surface area contributed by atoms with Gasteiger partial charge >= 0.3 is 0 Å². The van der Waals surface area contributed by atoms with Gasteiger partial charge < -0.3 is 35.8 Å². The Morgan fingerprint density at radius 2 is 1.70 bits per heavy atom. The van der Waals surface area contributed by atoms with Crippen molar-refractivity contribution in [2.75, 3.05) is 0 Å². The largest absolute Gasteiger partial charge is 1.00 e. The fraction of sp³-hybridized carbons (Fsp3) is 0.111. The minimum Gasteiger partial charge on any atom is -1.00 e. The van der Waals surface area contributed by atoms with Crippen LogP contribution in [0.2, 0.25) is 0 Å². The zero-order chi connectivity index (χ0) is 17.6. The van der Waals surface area contributed by atoms with Crippen LogP contribution >= 0.6 is 11.3 Å². The zero-order valence-corrected chi connectivity index (χ0v) is 16.5. The average molecular weight is 425 g/mol. The third-order valence-electron chi connectivity index (χ3n) is 3.72. The summed E-state index contributed by atoms with van der Waals surface area (Å²) in [4.78, 5) is 13.5. The van der Waals surface area contributed by atoms with Crippen LogP contribution in [0.1, 0.15) is 25.8 Å². The predicted molar refractivity (Wildman–Crippen MR) is 93.7 cm³/mol. The molecule has 3 rings (SSSR count). The molecule has 1 amide bonds. The second kappa shape index (κ2) is 10.6. The van der Waals surface area contributed by atoms with Crippen LogP contribution in [0.3, 0.4) is 0 Å². The lowest BCUT2D eigenvalue weighted by Gasteiger charge is -1.98. The first kappa shape index (κ1) is 22.6. The van der Waals surface area contributed by atoms with Crippen molar-refractivity contribution in [1.82, 2.24) is 0 Å². The Hall–Kier alpha value is -2.48. The lowest BCUT2D eigenvalue weighted by molar-refractivity contribution is -0.688. The van der Waals surface area contributed by atoms with E-state index >= 15 is 0 Å². The topological polar surface area (TPSA) is 83.4 Å². The molecule has 3 aromatic heterocycles. The van der Waals surface area contributed by atoms with Crippen molar-refractivity contribution >= 4 is 23.5 Å². The Balaban J connectivity index is 0.00000182. The summed E-state index contributed by atoms with van der Waals surface area (Å²) in [5, 5.41) is 11.9. The molecule has 3 heterocycles. The molecule has 6 nitrogen and oxygen atoms in total. The summed E-state index contributed by atoms with van der Waals surface area (Å²) in [6.07, 6.45) is 7.07. The maximum Gasteiger partial charge on any atom is 0.249 e. The number of halogens is 2. The smallest absolute Gasteiger partial charge is 0.249 e. The molecule has 0 bridgehead atoms. The minimum absolute atomic E-state index is 0. The van der Waals surface area contributed by atoms with Gasteiger partial charge in [-0.2, -0.15) is 9.13 Å². The highest BCUT2D eigenvalue weighted by molar-refractivity contribution is 7.11. The van der Waals surface area contributed by atoms with Crippen molar-refractivity contribution in [2.24, 2.45) is 10.9 Å². The summed E-state index contributed by atoms with van der Waals surface area (Å²) in [5.74, 6) is -0.423. The van der Waals surface area contributed by atoms with E-state index in [0.717, 1.165) is 12.2 Å². The molecular formula is C18H18Cl2N4O2S. The van der Waals surface area contributed by atoms with E-state index in [-0.39, 0.29) is 24.8 Å². The van der Waals surface area contributed by atoms with Crippen LogP contribution in [-0.2, 0) is 13.1 Å². The molecule has 27 heavy (non-hydrogen) atoms. The van der Waals surface area contributed by atoms with Crippen LogP contribution in [0, 0.1) is 0 Å². The molecule has 0 atom stereocenters. The monoisotopic (exact) mass is 424 g/mol. The standard InChI is InChI=1S/C18H16N4O2S.2ClH/c19-18(23)14-6-9-21(10-7-14)12-16-4-5-17(25-16)13-22-8-2-1-3-15(22)11-20-24;;/h1-11H,12-13H2,(H-,19,23);2*1H. The summed E-state index contributed by atoms with van der Waals surface area (Å²) >= 11 is 1.72. The molecule has 0 saturated heterocycles. The fourth-order valence-electron chi connectivity index (χ4n) is 2.48. The van der Waals surface area contributed by atoms with E-state index in [9.17, 15) is 4.79 Å². The van der Waals surface area contributed by atoms with Crippen LogP contribution < -0.4 is 39.7 Å². The summed E-state index contributed by atoms with van der Waals surface area (Å²) in [5.41, 5.74) is 6.58. The van der Waals surface area contributed by atoms with Gasteiger partial charge in [-0.3, -0.25) is 4.79 Å². The van der Waals surface area contributed by atoms with E-state index in [2.05, 4.69) is 17.3 Å². The number of hydrogen-bond donors (Lipinski definition) is 2. The molecule has 0 fully saturated rings. The first-order valence-corrected chi connectivity index (χ1v) is 8.50. The fourth-order valence-corrected chi connectivity index (χ4v) is 3.50. The Kier molecular flexibility index (Phi) is 8.87. The van der Waals surface area contributed by atoms with Gasteiger partial charge in [-0.05, 0) is 18.2 Å². The first-order valence-electron chi connectivity index (χ1n) is 7.68. The number of nitrogens with two attached hydrogens (primary N) is 1. The van der Waals surface area contributed by atoms with E-state index in [1.807, 2.05) is 45.9 Å². The van der Waals surface area contributed by atoms with Gasteiger partial charge in [0.05, 0.1) is 15.3 Å². The van der Waals surface area contributed by atoms with Gasteiger partial charge in [0, 0.05) is 24.3 Å². The molecule has 9 heteroatoms. The number of amides is 1. The lowest BCUT2D eigenvalue weighted by Crippen LogP contribution is -3.00. The number of pyridine rings is 2. The van der Waals surface area contributed by atoms with Crippen molar-refractivity contribution in [3.63, 3.8) is 0 Å². The zero-order valence-electron chi connectivity index (χ0n) is 14.2. The normalized spacial score (nSPS) is 10.2. The van der Waals surface area contributed by atoms with Gasteiger partial charge in [-0.1, -0.05) is 5.16 Å². The first-order chi connectivity index (χ1) is 12.2. The van der Waals surface area contributed by atoms with Crippen molar-refractivity contribution in [3.05, 3.63) is 82.1 Å². The number of primary amides is 1. The number of thiophene rings is 1. The number of oxime groups is 1. The molecule has 3 N–H and O–H groups in total. The van der Waals surface area contributed by atoms with Gasteiger partial charge in [0.15, 0.2) is 31.7 Å². The molecular weight excluding hydrogens is 407 g/mol. The quantitative estimate of drug-likeness (QED) is 0.180. The molecule has 3 aromatic rings. The summed E-state index contributed by atoms with van der Waals surface area (Å²) < 4.78 is 4.02. The summed E-state index contributed by atoms with van der Waals surface area (Å²) in [6, 6.07) is 13.4. The minimum atomic E-state index is -0.423. The van der Waals surface area contributed by atoms with Gasteiger partial charge in [-0.25, -0.2) is 0 Å². The number of hydrogen-bond acceptors (Lipinski definition) is 4. The number of rotatable bonds is 6.